The van der Waals surface area contributed by atoms with Gasteiger partial charge in [-0.15, -0.1) is 0 Å². The van der Waals surface area contributed by atoms with Gasteiger partial charge in [-0.25, -0.2) is 0 Å². The van der Waals surface area contributed by atoms with Crippen LogP contribution in [0.3, 0.4) is 0 Å². The van der Waals surface area contributed by atoms with Crippen LogP contribution in [-0.2, 0) is 31.7 Å². The third kappa shape index (κ3) is 6.26. The molecule has 0 atom stereocenters. The van der Waals surface area contributed by atoms with E-state index >= 15 is 0 Å². The highest BCUT2D eigenvalue weighted by molar-refractivity contribution is 6.62. The van der Waals surface area contributed by atoms with Gasteiger partial charge in [-0.05, 0) is 93.5 Å². The van der Waals surface area contributed by atoms with Crippen molar-refractivity contribution >= 4 is 41.6 Å². The number of anilines is 3. The molecule has 1 saturated heterocycles. The fourth-order valence-corrected chi connectivity index (χ4v) is 4.33. The van der Waals surface area contributed by atoms with Crippen LogP contribution in [0.2, 0.25) is 0 Å². The summed E-state index contributed by atoms with van der Waals surface area (Å²) in [5, 5.41) is 18.0. The molecule has 0 amide bonds. The summed E-state index contributed by atoms with van der Waals surface area (Å²) in [4.78, 5) is 24.0. The minimum atomic E-state index is -0.819. The Morgan fingerprint density at radius 2 is 1.00 bits per heavy atom. The maximum atomic E-state index is 11.0. The zero-order valence-corrected chi connectivity index (χ0v) is 22.3. The summed E-state index contributed by atoms with van der Waals surface area (Å²) < 4.78 is 12.4. The summed E-state index contributed by atoms with van der Waals surface area (Å²) in [7, 11) is -0.454. The van der Waals surface area contributed by atoms with E-state index in [0.29, 0.717) is 12.8 Å². The summed E-state index contributed by atoms with van der Waals surface area (Å²) in [6, 6.07) is 23.8. The van der Waals surface area contributed by atoms with Crippen LogP contribution in [-0.4, -0.2) is 40.5 Å². The van der Waals surface area contributed by atoms with Gasteiger partial charge < -0.3 is 24.4 Å². The molecule has 0 aromatic heterocycles. The van der Waals surface area contributed by atoms with Crippen molar-refractivity contribution in [1.29, 1.82) is 0 Å². The number of benzene rings is 3. The van der Waals surface area contributed by atoms with E-state index in [9.17, 15) is 9.59 Å². The number of carbonyl (C=O) groups is 2. The van der Waals surface area contributed by atoms with Crippen molar-refractivity contribution in [1.82, 2.24) is 0 Å². The van der Waals surface area contributed by atoms with Crippen molar-refractivity contribution in [3.05, 3.63) is 83.9 Å². The predicted molar refractivity (Wildman–Crippen MR) is 149 cm³/mol. The number of aliphatic carboxylic acids is 2. The topological polar surface area (TPSA) is 96.3 Å². The molecule has 4 rings (SSSR count). The molecule has 1 aliphatic heterocycles. The average Bonchev–Trinajstić information content (AvgIpc) is 3.10. The van der Waals surface area contributed by atoms with Gasteiger partial charge in [0, 0.05) is 29.9 Å². The molecule has 7 nitrogen and oxygen atoms in total. The second-order valence-corrected chi connectivity index (χ2v) is 10.6. The molecule has 0 spiro atoms. The molecule has 0 aliphatic carbocycles. The van der Waals surface area contributed by atoms with E-state index in [2.05, 4.69) is 4.90 Å². The van der Waals surface area contributed by atoms with Gasteiger partial charge >= 0.3 is 19.1 Å². The average molecular weight is 515 g/mol. The molecule has 8 heteroatoms. The maximum absolute atomic E-state index is 11.0. The lowest BCUT2D eigenvalue weighted by molar-refractivity contribution is -0.138. The Kier molecular flexibility index (Phi) is 7.95. The Labute approximate surface area is 224 Å². The zero-order chi connectivity index (χ0) is 27.5. The number of aryl methyl sites for hydroxylation is 2. The third-order valence-electron chi connectivity index (χ3n) is 7.32. The molecule has 3 aromatic carbocycles. The highest BCUT2D eigenvalue weighted by Crippen LogP contribution is 2.38. The van der Waals surface area contributed by atoms with Crippen LogP contribution in [0.15, 0.2) is 72.8 Å². The lowest BCUT2D eigenvalue weighted by Gasteiger charge is -2.32. The first-order valence-corrected chi connectivity index (χ1v) is 12.8. The Balaban J connectivity index is 1.63. The Morgan fingerprint density at radius 3 is 1.34 bits per heavy atom. The van der Waals surface area contributed by atoms with Crippen LogP contribution in [0.1, 0.15) is 51.7 Å². The predicted octanol–water partition coefficient (Wildman–Crippen LogP) is 5.49. The van der Waals surface area contributed by atoms with Crippen molar-refractivity contribution < 1.29 is 29.1 Å². The summed E-state index contributed by atoms with van der Waals surface area (Å²) in [6.07, 6.45) is 1.11. The lowest BCUT2D eigenvalue weighted by atomic mass is 9.79. The monoisotopic (exact) mass is 515 g/mol. The van der Waals surface area contributed by atoms with E-state index in [1.165, 1.54) is 0 Å². The van der Waals surface area contributed by atoms with Crippen LogP contribution in [0.25, 0.3) is 0 Å². The molecular formula is C30H34BNO6. The van der Waals surface area contributed by atoms with Gasteiger partial charge in [0.05, 0.1) is 11.2 Å². The van der Waals surface area contributed by atoms with Gasteiger partial charge in [0.25, 0.3) is 0 Å². The molecule has 0 saturated carbocycles. The molecule has 1 aliphatic rings. The molecule has 0 radical (unpaired) electrons. The van der Waals surface area contributed by atoms with Crippen LogP contribution in [0.4, 0.5) is 17.1 Å². The van der Waals surface area contributed by atoms with E-state index < -0.39 is 30.3 Å². The van der Waals surface area contributed by atoms with Crippen molar-refractivity contribution in [2.75, 3.05) is 4.90 Å². The van der Waals surface area contributed by atoms with Gasteiger partial charge in [-0.2, -0.15) is 0 Å². The number of nitrogens with zero attached hydrogens (tertiary/aromatic N) is 1. The van der Waals surface area contributed by atoms with Gasteiger partial charge in [0.1, 0.15) is 0 Å². The molecule has 38 heavy (non-hydrogen) atoms. The van der Waals surface area contributed by atoms with Crippen LogP contribution in [0.5, 0.6) is 0 Å². The number of rotatable bonds is 10. The fraction of sp³-hybridized carbons (Fsp3) is 0.333. The molecule has 1 fully saturated rings. The van der Waals surface area contributed by atoms with Crippen molar-refractivity contribution in [3.8, 4) is 0 Å². The van der Waals surface area contributed by atoms with Crippen LogP contribution >= 0.6 is 0 Å². The molecule has 2 N–H and O–H groups in total. The van der Waals surface area contributed by atoms with E-state index in [1.807, 2.05) is 100 Å². The fourth-order valence-electron chi connectivity index (χ4n) is 4.33. The maximum Gasteiger partial charge on any atom is 0.494 e. The van der Waals surface area contributed by atoms with Crippen molar-refractivity contribution in [2.45, 2.75) is 64.6 Å². The third-order valence-corrected chi connectivity index (χ3v) is 7.32. The molecular weight excluding hydrogens is 481 g/mol. The van der Waals surface area contributed by atoms with Crippen molar-refractivity contribution in [2.24, 2.45) is 0 Å². The normalized spacial score (nSPS) is 15.8. The first-order chi connectivity index (χ1) is 17.9. The zero-order valence-electron chi connectivity index (χ0n) is 22.3. The van der Waals surface area contributed by atoms with E-state index in [0.717, 1.165) is 33.7 Å². The number of carboxylic acids is 2. The Hall–Kier alpha value is -3.62. The van der Waals surface area contributed by atoms with Gasteiger partial charge in [-0.3, -0.25) is 9.59 Å². The quantitative estimate of drug-likeness (QED) is 0.345. The molecule has 198 valence electrons. The number of carboxylic acid groups (broad SMARTS) is 2. The Morgan fingerprint density at radius 1 is 0.658 bits per heavy atom. The minimum Gasteiger partial charge on any atom is -0.481 e. The van der Waals surface area contributed by atoms with E-state index in [4.69, 9.17) is 19.5 Å². The van der Waals surface area contributed by atoms with E-state index in [1.54, 1.807) is 0 Å². The first kappa shape index (κ1) is 27.4. The van der Waals surface area contributed by atoms with Gasteiger partial charge in [0.15, 0.2) is 0 Å². The largest absolute Gasteiger partial charge is 0.494 e. The van der Waals surface area contributed by atoms with Crippen LogP contribution in [0, 0.1) is 0 Å². The second-order valence-electron chi connectivity index (χ2n) is 10.6. The highest BCUT2D eigenvalue weighted by Gasteiger charge is 2.51. The standard InChI is InChI=1S/C30H34BNO6/c1-29(2)30(3,4)38-31(37-29)23-11-17-26(18-12-23)32(24-13-5-21(6-14-24)9-19-27(33)34)25-15-7-22(8-16-25)10-20-28(35)36/h5-8,11-18H,9-10,19-20H2,1-4H3,(H,33,34)(H,35,36). The molecule has 0 unspecified atom stereocenters. The highest BCUT2D eigenvalue weighted by atomic mass is 16.7. The van der Waals surface area contributed by atoms with Gasteiger partial charge in [0.2, 0.25) is 0 Å². The second kappa shape index (κ2) is 11.0. The number of hydrogen-bond acceptors (Lipinski definition) is 5. The van der Waals surface area contributed by atoms with Crippen molar-refractivity contribution in [3.63, 3.8) is 0 Å². The summed E-state index contributed by atoms with van der Waals surface area (Å²) in [5.74, 6) is -1.64. The van der Waals surface area contributed by atoms with Crippen LogP contribution < -0.4 is 10.4 Å². The molecule has 3 aromatic rings. The summed E-state index contributed by atoms with van der Waals surface area (Å²) in [6.45, 7) is 8.12. The lowest BCUT2D eigenvalue weighted by Crippen LogP contribution is -2.41. The molecule has 1 heterocycles. The first-order valence-electron chi connectivity index (χ1n) is 12.8. The Bertz CT molecular complexity index is 1190. The molecule has 0 bridgehead atoms. The minimum absolute atomic E-state index is 0.0846. The number of hydrogen-bond donors (Lipinski definition) is 2. The summed E-state index contributed by atoms with van der Waals surface area (Å²) in [5.41, 5.74) is 4.77. The van der Waals surface area contributed by atoms with Gasteiger partial charge in [-0.1, -0.05) is 36.4 Å². The SMILES string of the molecule is CC1(C)OB(c2ccc(N(c3ccc(CCC(=O)O)cc3)c3ccc(CCC(=O)O)cc3)cc2)OC1(C)C. The van der Waals surface area contributed by atoms with E-state index in [-0.39, 0.29) is 12.8 Å². The summed E-state index contributed by atoms with van der Waals surface area (Å²) >= 11 is 0. The smallest absolute Gasteiger partial charge is 0.481 e.